The molecule has 132 valence electrons. The summed E-state index contributed by atoms with van der Waals surface area (Å²) < 4.78 is 50.7. The summed E-state index contributed by atoms with van der Waals surface area (Å²) in [6.45, 7) is 9.49. The molecular weight excluding hydrogens is 336 g/mol. The molecule has 1 aromatic rings. The Morgan fingerprint density at radius 2 is 1.71 bits per heavy atom. The number of thiol groups is 1. The van der Waals surface area contributed by atoms with Crippen molar-refractivity contribution in [3.05, 3.63) is 40.4 Å². The van der Waals surface area contributed by atoms with Crippen molar-refractivity contribution in [3.8, 4) is 0 Å². The van der Waals surface area contributed by atoms with E-state index in [9.17, 15) is 13.2 Å². The first kappa shape index (κ1) is 19.4. The molecule has 0 aromatic heterocycles. The second kappa shape index (κ2) is 6.43. The quantitative estimate of drug-likeness (QED) is 0.608. The normalized spacial score (nSPS) is 20.5. The van der Waals surface area contributed by atoms with E-state index in [-0.39, 0.29) is 0 Å². The highest BCUT2D eigenvalue weighted by atomic mass is 32.1. The summed E-state index contributed by atoms with van der Waals surface area (Å²) in [5, 5.41) is 0. The highest BCUT2D eigenvalue weighted by Crippen LogP contribution is 2.39. The van der Waals surface area contributed by atoms with Gasteiger partial charge < -0.3 is 9.31 Å². The molecule has 0 radical (unpaired) electrons. The lowest BCUT2D eigenvalue weighted by molar-refractivity contribution is -0.137. The minimum absolute atomic E-state index is 0.326. The van der Waals surface area contributed by atoms with E-state index in [1.807, 2.05) is 27.7 Å². The Morgan fingerprint density at radius 1 is 1.17 bits per heavy atom. The second-order valence-electron chi connectivity index (χ2n) is 7.03. The summed E-state index contributed by atoms with van der Waals surface area (Å²) in [6, 6.07) is 3.70. The smallest absolute Gasteiger partial charge is 0.400 e. The molecule has 1 aliphatic rings. The highest BCUT2D eigenvalue weighted by Gasteiger charge is 2.52. The average Bonchev–Trinajstić information content (AvgIpc) is 2.65. The molecule has 1 saturated heterocycles. The molecular formula is C17H22BF3O2S. The van der Waals surface area contributed by atoms with Crippen molar-refractivity contribution >= 4 is 25.8 Å². The fourth-order valence-corrected chi connectivity index (χ4v) is 2.60. The van der Waals surface area contributed by atoms with Crippen LogP contribution in [0.4, 0.5) is 13.2 Å². The minimum Gasteiger partial charge on any atom is -0.400 e. The van der Waals surface area contributed by atoms with Crippen LogP contribution in [0.2, 0.25) is 0 Å². The monoisotopic (exact) mass is 358 g/mol. The van der Waals surface area contributed by atoms with Crippen LogP contribution in [0.1, 0.15) is 44.4 Å². The fraction of sp³-hybridized carbons (Fsp3) is 0.529. The van der Waals surface area contributed by atoms with Gasteiger partial charge in [-0.1, -0.05) is 12.1 Å². The predicted molar refractivity (Wildman–Crippen MR) is 94.1 cm³/mol. The zero-order valence-corrected chi connectivity index (χ0v) is 15.4. The second-order valence-corrected chi connectivity index (χ2v) is 7.35. The first-order chi connectivity index (χ1) is 10.9. The average molecular weight is 358 g/mol. The van der Waals surface area contributed by atoms with Crippen molar-refractivity contribution in [2.75, 3.05) is 5.75 Å². The molecule has 0 spiro atoms. The van der Waals surface area contributed by atoms with Crippen LogP contribution in [0.3, 0.4) is 0 Å². The number of benzene rings is 1. The molecule has 2 nitrogen and oxygen atoms in total. The van der Waals surface area contributed by atoms with Crippen molar-refractivity contribution in [1.82, 2.24) is 0 Å². The molecule has 1 aromatic carbocycles. The van der Waals surface area contributed by atoms with E-state index < -0.39 is 30.1 Å². The first-order valence-electron chi connectivity index (χ1n) is 7.72. The standard InChI is InChI=1S/C17H22BF3O2S/c1-11-6-7-13(17(19,20)21)8-12(11)9-14(10-24)18-22-15(2,3)16(4,5)23-18/h6-9,24H,10H2,1-5H3. The van der Waals surface area contributed by atoms with Gasteiger partial charge in [-0.3, -0.25) is 0 Å². The number of hydrogen-bond donors (Lipinski definition) is 1. The molecule has 0 saturated carbocycles. The Balaban J connectivity index is 2.39. The van der Waals surface area contributed by atoms with Gasteiger partial charge in [0.05, 0.1) is 16.8 Å². The topological polar surface area (TPSA) is 18.5 Å². The zero-order chi connectivity index (χ0) is 18.3. The fourth-order valence-electron chi connectivity index (χ4n) is 2.35. The summed E-state index contributed by atoms with van der Waals surface area (Å²) in [5.74, 6) is 0.326. The van der Waals surface area contributed by atoms with Gasteiger partial charge in [0.2, 0.25) is 0 Å². The van der Waals surface area contributed by atoms with Gasteiger partial charge in [0.1, 0.15) is 0 Å². The van der Waals surface area contributed by atoms with Crippen molar-refractivity contribution in [2.24, 2.45) is 0 Å². The molecule has 0 bridgehead atoms. The molecule has 2 rings (SSSR count). The summed E-state index contributed by atoms with van der Waals surface area (Å²) in [6.07, 6.45) is -2.69. The first-order valence-corrected chi connectivity index (χ1v) is 8.35. The van der Waals surface area contributed by atoms with E-state index in [2.05, 4.69) is 12.6 Å². The lowest BCUT2D eigenvalue weighted by atomic mass is 9.78. The maximum atomic E-state index is 12.9. The van der Waals surface area contributed by atoms with Gasteiger partial charge >= 0.3 is 13.3 Å². The zero-order valence-electron chi connectivity index (χ0n) is 14.5. The number of alkyl halides is 3. The largest absolute Gasteiger partial charge is 0.491 e. The molecule has 0 atom stereocenters. The highest BCUT2D eigenvalue weighted by molar-refractivity contribution is 7.80. The molecule has 0 amide bonds. The molecule has 24 heavy (non-hydrogen) atoms. The van der Waals surface area contributed by atoms with Crippen LogP contribution in [-0.2, 0) is 15.5 Å². The maximum Gasteiger partial charge on any atom is 0.491 e. The minimum atomic E-state index is -4.37. The molecule has 1 aliphatic heterocycles. The van der Waals surface area contributed by atoms with Gasteiger partial charge in [-0.25, -0.2) is 0 Å². The van der Waals surface area contributed by atoms with Crippen LogP contribution in [0.25, 0.3) is 6.08 Å². The molecule has 0 unspecified atom stereocenters. The number of halogens is 3. The molecule has 7 heteroatoms. The summed E-state index contributed by atoms with van der Waals surface area (Å²) in [4.78, 5) is 0. The van der Waals surface area contributed by atoms with Crippen LogP contribution < -0.4 is 0 Å². The van der Waals surface area contributed by atoms with Gasteiger partial charge in [0.15, 0.2) is 0 Å². The van der Waals surface area contributed by atoms with Crippen LogP contribution >= 0.6 is 12.6 Å². The Morgan fingerprint density at radius 3 is 2.17 bits per heavy atom. The van der Waals surface area contributed by atoms with Gasteiger partial charge in [-0.2, -0.15) is 25.8 Å². The lowest BCUT2D eigenvalue weighted by Gasteiger charge is -2.32. The molecule has 1 heterocycles. The van der Waals surface area contributed by atoms with Crippen LogP contribution in [0, 0.1) is 6.92 Å². The van der Waals surface area contributed by atoms with Gasteiger partial charge in [-0.15, -0.1) is 0 Å². The Bertz CT molecular complexity index is 638. The Hall–Kier alpha value is -0.915. The number of hydrogen-bond acceptors (Lipinski definition) is 3. The van der Waals surface area contributed by atoms with Crippen molar-refractivity contribution in [1.29, 1.82) is 0 Å². The number of aryl methyl sites for hydroxylation is 1. The van der Waals surface area contributed by atoms with E-state index >= 15 is 0 Å². The third kappa shape index (κ3) is 3.84. The summed E-state index contributed by atoms with van der Waals surface area (Å²) in [7, 11) is -0.624. The molecule has 1 fully saturated rings. The van der Waals surface area contributed by atoms with E-state index in [4.69, 9.17) is 9.31 Å². The van der Waals surface area contributed by atoms with Crippen molar-refractivity contribution in [2.45, 2.75) is 52.0 Å². The van der Waals surface area contributed by atoms with Gasteiger partial charge in [0.25, 0.3) is 0 Å². The van der Waals surface area contributed by atoms with E-state index in [1.165, 1.54) is 6.07 Å². The van der Waals surface area contributed by atoms with Gasteiger partial charge in [-0.05, 0) is 63.4 Å². The van der Waals surface area contributed by atoms with Gasteiger partial charge in [0, 0.05) is 5.75 Å². The van der Waals surface area contributed by atoms with E-state index in [0.29, 0.717) is 16.8 Å². The summed E-state index contributed by atoms with van der Waals surface area (Å²) in [5.41, 5.74) is 0.235. The molecule has 0 aliphatic carbocycles. The van der Waals surface area contributed by atoms with Crippen LogP contribution in [-0.4, -0.2) is 24.1 Å². The van der Waals surface area contributed by atoms with E-state index in [1.54, 1.807) is 13.0 Å². The van der Waals surface area contributed by atoms with Crippen molar-refractivity contribution < 1.29 is 22.5 Å². The lowest BCUT2D eigenvalue weighted by Crippen LogP contribution is -2.41. The number of rotatable bonds is 3. The summed E-state index contributed by atoms with van der Waals surface area (Å²) >= 11 is 4.30. The maximum absolute atomic E-state index is 12.9. The third-order valence-electron chi connectivity index (χ3n) is 4.69. The third-order valence-corrected chi connectivity index (χ3v) is 5.05. The van der Waals surface area contributed by atoms with Crippen LogP contribution in [0.15, 0.2) is 23.7 Å². The Kier molecular flexibility index (Phi) is 5.20. The molecule has 0 N–H and O–H groups in total. The Labute approximate surface area is 147 Å². The van der Waals surface area contributed by atoms with Crippen LogP contribution in [0.5, 0.6) is 0 Å². The van der Waals surface area contributed by atoms with E-state index in [0.717, 1.165) is 17.7 Å². The van der Waals surface area contributed by atoms with Crippen molar-refractivity contribution in [3.63, 3.8) is 0 Å². The predicted octanol–water partition coefficient (Wildman–Crippen LogP) is 4.96. The SMILES string of the molecule is Cc1ccc(C(F)(F)F)cc1C=C(CS)B1OC(C)(C)C(C)(C)O1.